The smallest absolute Gasteiger partial charge is 0.460 e. The van der Waals surface area contributed by atoms with Crippen molar-refractivity contribution in [2.75, 3.05) is 0 Å². The number of alkyl halides is 22. The molecule has 1 aliphatic carbocycles. The van der Waals surface area contributed by atoms with Crippen LogP contribution in [0.5, 0.6) is 0 Å². The second-order valence-corrected chi connectivity index (χ2v) is 10.9. The largest absolute Gasteiger partial charge is 0.465 e. The van der Waals surface area contributed by atoms with Crippen molar-refractivity contribution < 1.29 is 116 Å². The van der Waals surface area contributed by atoms with E-state index in [-0.39, 0.29) is 0 Å². The molecule has 0 aromatic rings. The van der Waals surface area contributed by atoms with Crippen molar-refractivity contribution in [3.63, 3.8) is 0 Å². The number of amides is 2. The molecule has 1 aliphatic rings. The fourth-order valence-corrected chi connectivity index (χ4v) is 5.05. The van der Waals surface area contributed by atoms with Gasteiger partial charge < -0.3 is 20.8 Å². The summed E-state index contributed by atoms with van der Waals surface area (Å²) in [5, 5.41) is 19.7. The first-order valence-corrected chi connectivity index (χ1v) is 12.3. The molecule has 2 amide bonds. The van der Waals surface area contributed by atoms with Gasteiger partial charge in [0.25, 0.3) is 0 Å². The fourth-order valence-electron chi connectivity index (χ4n) is 5.05. The zero-order valence-corrected chi connectivity index (χ0v) is 23.1. The van der Waals surface area contributed by atoms with Gasteiger partial charge in [0, 0.05) is 24.8 Å². The van der Waals surface area contributed by atoms with Gasteiger partial charge in [-0.25, -0.2) is 9.59 Å². The number of carboxylic acid groups (broad SMARTS) is 2. The number of halogens is 22. The highest BCUT2D eigenvalue weighted by molar-refractivity contribution is 5.67. The second-order valence-electron chi connectivity index (χ2n) is 10.9. The number of hydrogen-bond acceptors (Lipinski definition) is 2. The van der Waals surface area contributed by atoms with E-state index in [1.165, 1.54) is 0 Å². The molecule has 49 heavy (non-hydrogen) atoms. The Morgan fingerprint density at radius 3 is 1.29 bits per heavy atom. The lowest BCUT2D eigenvalue weighted by molar-refractivity contribution is -0.425. The molecular formula is C21H18F22N2O4. The third kappa shape index (κ3) is 7.00. The molecule has 1 rings (SSSR count). The minimum Gasteiger partial charge on any atom is -0.465 e. The summed E-state index contributed by atoms with van der Waals surface area (Å²) in [4.78, 5) is 22.7. The molecule has 4 unspecified atom stereocenters. The Morgan fingerprint density at radius 2 is 0.959 bits per heavy atom. The monoisotopic (exact) mass is 780 g/mol. The highest BCUT2D eigenvalue weighted by Crippen LogP contribution is 2.62. The van der Waals surface area contributed by atoms with Crippen LogP contribution in [0.15, 0.2) is 0 Å². The maximum atomic E-state index is 14.9. The van der Waals surface area contributed by atoms with E-state index in [1.807, 2.05) is 0 Å². The number of carbonyl (C=O) groups is 2. The molecule has 0 bridgehead atoms. The van der Waals surface area contributed by atoms with E-state index in [9.17, 15) is 106 Å². The SMILES string of the molecule is CC1CCC(CC(F)(F)C(F)(F)C(F)(F)C(F)(F)C(F)(F)F)(NC(=O)O)C(CC(F)(F)C(F)(F)C(F)(F)C(F)(F)C(F)(F)F)C1NC(=O)O. The second kappa shape index (κ2) is 12.3. The molecule has 6 nitrogen and oxygen atoms in total. The minimum absolute atomic E-state index is 0.603. The average Bonchev–Trinajstić information content (AvgIpc) is 2.85. The van der Waals surface area contributed by atoms with Gasteiger partial charge in [0.2, 0.25) is 0 Å². The Kier molecular flexibility index (Phi) is 11.1. The molecule has 0 radical (unpaired) electrons. The zero-order valence-electron chi connectivity index (χ0n) is 23.1. The lowest BCUT2D eigenvalue weighted by atomic mass is 9.61. The third-order valence-corrected chi connectivity index (χ3v) is 7.67. The molecule has 0 aromatic heterocycles. The quantitative estimate of drug-likeness (QED) is 0.149. The van der Waals surface area contributed by atoms with Gasteiger partial charge in [-0.3, -0.25) is 0 Å². The Labute approximate surface area is 256 Å². The maximum absolute atomic E-state index is 14.9. The molecule has 0 aliphatic heterocycles. The van der Waals surface area contributed by atoms with Gasteiger partial charge in [-0.15, -0.1) is 0 Å². The molecule has 0 spiro atoms. The first-order chi connectivity index (χ1) is 21.2. The van der Waals surface area contributed by atoms with Crippen LogP contribution in [0.2, 0.25) is 0 Å². The summed E-state index contributed by atoms with van der Waals surface area (Å²) >= 11 is 0. The standard InChI is InChI=1S/C21H18F22N2O4/c1-6-2-3-11(45-10(48)49,5-13(24,25)15(28,29)17(32,33)19(36,37)21(41,42)43)7(8(6)44-9(46)47)4-12(22,23)14(26,27)16(30,31)18(34,35)20(38,39)40/h6-8,44-45H,2-5H2,1H3,(H,46,47)(H,48,49). The van der Waals surface area contributed by atoms with Gasteiger partial charge in [-0.2, -0.15) is 96.6 Å². The van der Waals surface area contributed by atoms with Crippen LogP contribution in [0.1, 0.15) is 32.6 Å². The van der Waals surface area contributed by atoms with Gasteiger partial charge >= 0.3 is 71.9 Å². The molecule has 1 saturated carbocycles. The summed E-state index contributed by atoms with van der Waals surface area (Å²) in [6.45, 7) is 0.603. The maximum Gasteiger partial charge on any atom is 0.460 e. The van der Waals surface area contributed by atoms with Crippen molar-refractivity contribution in [1.29, 1.82) is 0 Å². The van der Waals surface area contributed by atoms with Crippen molar-refractivity contribution >= 4 is 12.2 Å². The van der Waals surface area contributed by atoms with Crippen molar-refractivity contribution in [1.82, 2.24) is 10.6 Å². The minimum atomic E-state index is -8.25. The highest BCUT2D eigenvalue weighted by atomic mass is 19.4. The topological polar surface area (TPSA) is 98.7 Å². The van der Waals surface area contributed by atoms with Crippen LogP contribution in [0.3, 0.4) is 0 Å². The summed E-state index contributed by atoms with van der Waals surface area (Å²) < 4.78 is 301. The van der Waals surface area contributed by atoms with Gasteiger partial charge in [-0.1, -0.05) is 6.92 Å². The van der Waals surface area contributed by atoms with Gasteiger partial charge in [0.15, 0.2) is 0 Å². The normalized spacial score (nSPS) is 24.4. The third-order valence-electron chi connectivity index (χ3n) is 7.67. The summed E-state index contributed by atoms with van der Waals surface area (Å²) in [6, 6.07) is -2.96. The molecule has 4 N–H and O–H groups in total. The number of nitrogens with one attached hydrogen (secondary N) is 2. The Hall–Kier alpha value is -3.00. The Bertz CT molecular complexity index is 1230. The Balaban J connectivity index is 4.12. The summed E-state index contributed by atoms with van der Waals surface area (Å²) in [5.41, 5.74) is -4.40. The zero-order chi connectivity index (χ0) is 39.6. The van der Waals surface area contributed by atoms with Gasteiger partial charge in [-0.05, 0) is 18.8 Å². The Morgan fingerprint density at radius 1 is 0.592 bits per heavy atom. The summed E-state index contributed by atoms with van der Waals surface area (Å²) in [5.74, 6) is -68.9. The molecule has 28 heteroatoms. The van der Waals surface area contributed by atoms with Gasteiger partial charge in [0.05, 0.1) is 5.54 Å². The summed E-state index contributed by atoms with van der Waals surface area (Å²) in [6.07, 6.45) is -31.6. The van der Waals surface area contributed by atoms with E-state index in [0.29, 0.717) is 12.2 Å². The van der Waals surface area contributed by atoms with E-state index >= 15 is 0 Å². The van der Waals surface area contributed by atoms with Crippen LogP contribution < -0.4 is 10.6 Å². The van der Waals surface area contributed by atoms with Crippen molar-refractivity contribution in [3.8, 4) is 0 Å². The predicted molar refractivity (Wildman–Crippen MR) is 112 cm³/mol. The lowest BCUT2D eigenvalue weighted by Crippen LogP contribution is -2.72. The summed E-state index contributed by atoms with van der Waals surface area (Å²) in [7, 11) is 0. The van der Waals surface area contributed by atoms with Crippen LogP contribution >= 0.6 is 0 Å². The van der Waals surface area contributed by atoms with E-state index in [0.717, 1.165) is 5.32 Å². The first kappa shape index (κ1) is 44.0. The number of rotatable bonds is 12. The average molecular weight is 780 g/mol. The van der Waals surface area contributed by atoms with Crippen LogP contribution in [0.4, 0.5) is 106 Å². The van der Waals surface area contributed by atoms with Crippen LogP contribution in [-0.2, 0) is 0 Å². The molecule has 0 heterocycles. The van der Waals surface area contributed by atoms with E-state index in [4.69, 9.17) is 10.2 Å². The van der Waals surface area contributed by atoms with Crippen LogP contribution in [0.25, 0.3) is 0 Å². The molecular weight excluding hydrogens is 762 g/mol. The first-order valence-electron chi connectivity index (χ1n) is 12.3. The molecule has 0 aromatic carbocycles. The fraction of sp³-hybridized carbons (Fsp3) is 0.905. The molecule has 4 atom stereocenters. The van der Waals surface area contributed by atoms with Gasteiger partial charge in [0.1, 0.15) is 0 Å². The van der Waals surface area contributed by atoms with Crippen molar-refractivity contribution in [2.24, 2.45) is 11.8 Å². The van der Waals surface area contributed by atoms with Crippen LogP contribution in [-0.4, -0.2) is 93.7 Å². The van der Waals surface area contributed by atoms with E-state index in [1.54, 1.807) is 0 Å². The molecule has 1 fully saturated rings. The van der Waals surface area contributed by atoms with Crippen molar-refractivity contribution in [2.45, 2.75) is 104 Å². The highest BCUT2D eigenvalue weighted by Gasteiger charge is 2.89. The predicted octanol–water partition coefficient (Wildman–Crippen LogP) is 8.66. The molecule has 290 valence electrons. The van der Waals surface area contributed by atoms with Crippen LogP contribution in [0, 0.1) is 11.8 Å². The van der Waals surface area contributed by atoms with Crippen molar-refractivity contribution in [3.05, 3.63) is 0 Å². The lowest BCUT2D eigenvalue weighted by Gasteiger charge is -2.53. The van der Waals surface area contributed by atoms with E-state index < -0.39 is 121 Å². The van der Waals surface area contributed by atoms with E-state index in [2.05, 4.69) is 0 Å². The molecule has 0 saturated heterocycles. The number of hydrogen-bond donors (Lipinski definition) is 4.